The van der Waals surface area contributed by atoms with Crippen molar-refractivity contribution in [1.29, 1.82) is 0 Å². The van der Waals surface area contributed by atoms with Crippen LogP contribution in [0.5, 0.6) is 5.75 Å². The van der Waals surface area contributed by atoms with Gasteiger partial charge >= 0.3 is 5.97 Å². The number of unbranched alkanes of at least 4 members (excludes halogenated alkanes) is 1. The molecule has 1 aromatic rings. The van der Waals surface area contributed by atoms with E-state index in [2.05, 4.69) is 46.9 Å². The van der Waals surface area contributed by atoms with E-state index in [1.165, 1.54) is 24.3 Å². The first-order chi connectivity index (χ1) is 34.9. The summed E-state index contributed by atoms with van der Waals surface area (Å²) in [5.41, 5.74) is 50.3. The first-order valence-corrected chi connectivity index (χ1v) is 24.1. The third kappa shape index (κ3) is 27.1. The van der Waals surface area contributed by atoms with Gasteiger partial charge in [0.15, 0.2) is 17.9 Å². The lowest BCUT2D eigenvalue weighted by Gasteiger charge is -2.29. The first-order valence-electron chi connectivity index (χ1n) is 24.1. The summed E-state index contributed by atoms with van der Waals surface area (Å²) >= 11 is 0. The molecule has 418 valence electrons. The summed E-state index contributed by atoms with van der Waals surface area (Å²) in [5, 5.41) is 66.8. The highest BCUT2D eigenvalue weighted by Gasteiger charge is 2.36. The van der Waals surface area contributed by atoms with Crippen LogP contribution in [0.2, 0.25) is 0 Å². The van der Waals surface area contributed by atoms with Crippen molar-refractivity contribution in [3.8, 4) is 5.75 Å². The van der Waals surface area contributed by atoms with Gasteiger partial charge in [-0.3, -0.25) is 43.7 Å². The second-order valence-electron chi connectivity index (χ2n) is 17.5. The van der Waals surface area contributed by atoms with Crippen LogP contribution >= 0.6 is 0 Å². The average Bonchev–Trinajstić information content (AvgIpc) is 3.32. The van der Waals surface area contributed by atoms with Crippen molar-refractivity contribution in [3.63, 3.8) is 0 Å². The van der Waals surface area contributed by atoms with E-state index in [4.69, 9.17) is 51.6 Å². The quantitative estimate of drug-likeness (QED) is 0.0167. The minimum absolute atomic E-state index is 0.0189. The van der Waals surface area contributed by atoms with Crippen molar-refractivity contribution < 1.29 is 59.1 Å². The maximum Gasteiger partial charge on any atom is 0.326 e. The Morgan fingerprint density at radius 2 is 0.919 bits per heavy atom. The first kappa shape index (κ1) is 64.9. The highest BCUT2D eigenvalue weighted by Crippen LogP contribution is 2.14. The zero-order chi connectivity index (χ0) is 55.9. The summed E-state index contributed by atoms with van der Waals surface area (Å²) in [5.74, 6) is -7.98. The Balaban J connectivity index is 3.44. The summed E-state index contributed by atoms with van der Waals surface area (Å²) < 4.78 is 0. The van der Waals surface area contributed by atoms with E-state index in [0.717, 1.165) is 6.92 Å². The van der Waals surface area contributed by atoms with Crippen molar-refractivity contribution in [2.24, 2.45) is 66.6 Å². The highest BCUT2D eigenvalue weighted by molar-refractivity contribution is 5.97. The number of carbonyl (C=O) groups is 7. The van der Waals surface area contributed by atoms with Crippen molar-refractivity contribution in [2.75, 3.05) is 32.7 Å². The van der Waals surface area contributed by atoms with Gasteiger partial charge in [-0.25, -0.2) is 4.79 Å². The number of carbonyl (C=O) groups excluding carboxylic acids is 6. The van der Waals surface area contributed by atoms with Crippen LogP contribution in [0.25, 0.3) is 0 Å². The number of nitrogens with one attached hydrogen (secondary N) is 6. The van der Waals surface area contributed by atoms with Gasteiger partial charge in [0, 0.05) is 38.9 Å². The number of aromatic hydroxyl groups is 1. The van der Waals surface area contributed by atoms with Gasteiger partial charge in [-0.1, -0.05) is 12.1 Å². The molecule has 0 spiro atoms. The molecule has 0 bridgehead atoms. The molecule has 0 aliphatic rings. The molecule has 0 aliphatic carbocycles. The van der Waals surface area contributed by atoms with Crippen LogP contribution in [-0.4, -0.2) is 178 Å². The van der Waals surface area contributed by atoms with E-state index in [9.17, 15) is 59.1 Å². The largest absolute Gasteiger partial charge is 0.508 e. The minimum atomic E-state index is -1.79. The lowest BCUT2D eigenvalue weighted by atomic mass is 10.0. The molecule has 1 aromatic carbocycles. The number of carboxylic acids is 1. The Morgan fingerprint density at radius 3 is 1.36 bits per heavy atom. The lowest BCUT2D eigenvalue weighted by molar-refractivity contribution is -0.142. The molecule has 0 aliphatic heterocycles. The number of nitrogens with two attached hydrogens (primary N) is 9. The highest BCUT2D eigenvalue weighted by atomic mass is 16.4. The number of phenolic OH excluding ortho intramolecular Hbond substituents is 1. The standard InChI is InChI=1S/C44H80N18O12/c1-23(63)34(62-37(69)30(8-5-16-46)57-38(70)31(21-26(65)13-18-55-43(50)51)59-35(67)28(47)6-2-3-17-54-42(48)49)40(72)58-29(7-4-15-45)36(68)60-32(22-27(66)14-19-56-44(52)53)39(71)61-33(41(73)74)20-24-9-11-25(64)12-10-24/h9-12,23,26-34,63-66H,2-8,13-22,45-47H2,1H3,(H,57,70)(H,58,72)(H,59,67)(H,60,68)(H,61,71)(H,62,69)(H,73,74)(H4,48,49,54)(H4,50,51,55)(H4,52,53,56)/t23-,26-,27+,28-,29+,30+,31+,32-,33+,34-/m1/s1. The second kappa shape index (κ2) is 35.1. The Kier molecular flexibility index (Phi) is 30.8. The maximum atomic E-state index is 14.0. The van der Waals surface area contributed by atoms with Gasteiger partial charge in [0.05, 0.1) is 24.4 Å². The van der Waals surface area contributed by atoms with Gasteiger partial charge in [0.25, 0.3) is 0 Å². The zero-order valence-electron chi connectivity index (χ0n) is 41.7. The van der Waals surface area contributed by atoms with Crippen molar-refractivity contribution in [1.82, 2.24) is 31.9 Å². The molecule has 30 nitrogen and oxygen atoms in total. The molecule has 0 unspecified atom stereocenters. The fourth-order valence-electron chi connectivity index (χ4n) is 7.01. The smallest absolute Gasteiger partial charge is 0.326 e. The van der Waals surface area contributed by atoms with Gasteiger partial charge in [-0.15, -0.1) is 0 Å². The average molecular weight is 1050 g/mol. The van der Waals surface area contributed by atoms with E-state index in [-0.39, 0.29) is 114 Å². The Hall–Kier alpha value is -7.12. The molecule has 0 saturated carbocycles. The fraction of sp³-hybridized carbons (Fsp3) is 0.636. The number of aliphatic hydroxyl groups excluding tert-OH is 3. The summed E-state index contributed by atoms with van der Waals surface area (Å²) in [6, 6.07) is -4.98. The molecule has 0 radical (unpaired) electrons. The molecule has 10 atom stereocenters. The van der Waals surface area contributed by atoms with Crippen LogP contribution < -0.4 is 83.5 Å². The number of guanidine groups is 3. The van der Waals surface area contributed by atoms with E-state index in [1.54, 1.807) is 0 Å². The van der Waals surface area contributed by atoms with Crippen LogP contribution in [0.4, 0.5) is 0 Å². The molecule has 6 amide bonds. The topological polar surface area (TPSA) is 564 Å². The Morgan fingerprint density at radius 1 is 0.514 bits per heavy atom. The number of amides is 6. The summed E-state index contributed by atoms with van der Waals surface area (Å²) in [7, 11) is 0. The fourth-order valence-corrected chi connectivity index (χ4v) is 7.01. The van der Waals surface area contributed by atoms with Crippen molar-refractivity contribution in [3.05, 3.63) is 29.8 Å². The number of phenols is 1. The van der Waals surface area contributed by atoms with Crippen LogP contribution in [0.15, 0.2) is 39.2 Å². The summed E-state index contributed by atoms with van der Waals surface area (Å²) in [6.45, 7) is 1.40. The number of rotatable bonds is 37. The normalized spacial score (nSPS) is 15.1. The van der Waals surface area contributed by atoms with E-state index in [0.29, 0.717) is 18.4 Å². The van der Waals surface area contributed by atoms with Crippen LogP contribution in [0.3, 0.4) is 0 Å². The number of aliphatic carboxylic acids is 1. The van der Waals surface area contributed by atoms with Gasteiger partial charge < -0.3 is 109 Å². The van der Waals surface area contributed by atoms with E-state index in [1.807, 2.05) is 0 Å². The van der Waals surface area contributed by atoms with Crippen molar-refractivity contribution in [2.45, 2.75) is 145 Å². The number of carboxylic acid groups (broad SMARTS) is 1. The molecule has 0 heterocycles. The number of aliphatic imine (C=N–C) groups is 3. The van der Waals surface area contributed by atoms with Gasteiger partial charge in [0.1, 0.15) is 42.0 Å². The predicted molar refractivity (Wildman–Crippen MR) is 274 cm³/mol. The summed E-state index contributed by atoms with van der Waals surface area (Å²) in [6.07, 6.45) is -4.39. The molecule has 0 fully saturated rings. The molecule has 30 heteroatoms. The van der Waals surface area contributed by atoms with Crippen LogP contribution in [0.1, 0.15) is 83.1 Å². The van der Waals surface area contributed by atoms with E-state index < -0.39 is 108 Å². The monoisotopic (exact) mass is 1050 g/mol. The van der Waals surface area contributed by atoms with Crippen LogP contribution in [-0.2, 0) is 40.0 Å². The SMILES string of the molecule is C[C@@H](O)[C@@H](NC(=O)[C@H](CCCN)NC(=O)[C@H](C[C@H](O)CCN=C(N)N)NC(=O)[C@H](N)CCCCN=C(N)N)C(=O)N[C@@H](CCCN)C(=O)N[C@H](C[C@@H](O)CCN=C(N)N)C(=O)N[C@@H](Cc1ccc(O)cc1)C(=O)O. The number of nitrogens with zero attached hydrogens (tertiary/aromatic N) is 3. The van der Waals surface area contributed by atoms with Crippen molar-refractivity contribution >= 4 is 59.3 Å². The molecule has 74 heavy (non-hydrogen) atoms. The number of aliphatic hydroxyl groups is 3. The Labute approximate surface area is 428 Å². The maximum absolute atomic E-state index is 14.0. The molecule has 29 N–H and O–H groups in total. The van der Waals surface area contributed by atoms with Gasteiger partial charge in [-0.05, 0) is 95.5 Å². The molecule has 0 aromatic heterocycles. The molecular formula is C44H80N18O12. The predicted octanol–water partition coefficient (Wildman–Crippen LogP) is -7.61. The van der Waals surface area contributed by atoms with Crippen LogP contribution in [0, 0.1) is 0 Å². The molecule has 1 rings (SSSR count). The third-order valence-electron chi connectivity index (χ3n) is 11.1. The van der Waals surface area contributed by atoms with Gasteiger partial charge in [-0.2, -0.15) is 0 Å². The number of hydrogen-bond donors (Lipinski definition) is 20. The minimum Gasteiger partial charge on any atom is -0.508 e. The Bertz CT molecular complexity index is 2020. The number of benzene rings is 1. The van der Waals surface area contributed by atoms with E-state index >= 15 is 0 Å². The summed E-state index contributed by atoms with van der Waals surface area (Å²) in [4.78, 5) is 107. The number of hydrogen-bond acceptors (Lipinski definition) is 17. The third-order valence-corrected chi connectivity index (χ3v) is 11.1. The lowest BCUT2D eigenvalue weighted by Crippen LogP contribution is -2.62. The van der Waals surface area contributed by atoms with Gasteiger partial charge in [0.2, 0.25) is 35.4 Å². The zero-order valence-corrected chi connectivity index (χ0v) is 41.7. The molecular weight excluding hydrogens is 973 g/mol. The molecule has 0 saturated heterocycles. The second-order valence-corrected chi connectivity index (χ2v) is 17.5.